The minimum atomic E-state index is -0.416. The summed E-state index contributed by atoms with van der Waals surface area (Å²) in [6, 6.07) is 18.0. The van der Waals surface area contributed by atoms with E-state index in [-0.39, 0.29) is 5.56 Å². The second-order valence-electron chi connectivity index (χ2n) is 8.03. The van der Waals surface area contributed by atoms with Crippen molar-refractivity contribution in [2.45, 2.75) is 39.4 Å². The maximum absolute atomic E-state index is 13.3. The summed E-state index contributed by atoms with van der Waals surface area (Å²) in [6.45, 7) is 6.56. The molecule has 0 amide bonds. The molecule has 8 nitrogen and oxygen atoms in total. The van der Waals surface area contributed by atoms with E-state index in [0.29, 0.717) is 37.6 Å². The first-order valence-electron chi connectivity index (χ1n) is 11.3. The zero-order valence-corrected chi connectivity index (χ0v) is 19.4. The summed E-state index contributed by atoms with van der Waals surface area (Å²) in [6.07, 6.45) is 0.929. The molecule has 0 saturated heterocycles. The fourth-order valence-electron chi connectivity index (χ4n) is 4.14. The predicted molar refractivity (Wildman–Crippen MR) is 128 cm³/mol. The third kappa shape index (κ3) is 5.02. The predicted octanol–water partition coefficient (Wildman–Crippen LogP) is 3.33. The van der Waals surface area contributed by atoms with Crippen LogP contribution in [0.4, 0.5) is 0 Å². The van der Waals surface area contributed by atoms with Crippen molar-refractivity contribution < 1.29 is 4.74 Å². The average molecular weight is 447 g/mol. The van der Waals surface area contributed by atoms with Crippen LogP contribution in [0.3, 0.4) is 0 Å². The van der Waals surface area contributed by atoms with Gasteiger partial charge in [-0.3, -0.25) is 9.69 Å². The highest BCUT2D eigenvalue weighted by Crippen LogP contribution is 2.28. The minimum absolute atomic E-state index is 0.135. The number of hydrogen-bond acceptors (Lipinski definition) is 6. The Balaban J connectivity index is 1.86. The Kier molecular flexibility index (Phi) is 7.26. The molecule has 1 N–H and O–H groups in total. The number of aromatic amines is 1. The van der Waals surface area contributed by atoms with Gasteiger partial charge in [-0.25, -0.2) is 4.68 Å². The number of aromatic nitrogens is 5. The normalized spacial score (nSPS) is 12.5. The lowest BCUT2D eigenvalue weighted by Gasteiger charge is -2.30. The lowest BCUT2D eigenvalue weighted by molar-refractivity contribution is 0.174. The highest BCUT2D eigenvalue weighted by molar-refractivity contribution is 5.80. The Morgan fingerprint density at radius 1 is 1.09 bits per heavy atom. The molecule has 0 bridgehead atoms. The molecule has 0 saturated carbocycles. The van der Waals surface area contributed by atoms with Gasteiger partial charge in [0.15, 0.2) is 5.82 Å². The first kappa shape index (κ1) is 22.8. The van der Waals surface area contributed by atoms with Gasteiger partial charge in [-0.15, -0.1) is 5.10 Å². The van der Waals surface area contributed by atoms with Gasteiger partial charge in [-0.05, 0) is 58.1 Å². The quantitative estimate of drug-likeness (QED) is 0.402. The number of pyridine rings is 1. The summed E-state index contributed by atoms with van der Waals surface area (Å²) in [7, 11) is 1.65. The molecule has 0 aliphatic heterocycles. The summed E-state index contributed by atoms with van der Waals surface area (Å²) in [4.78, 5) is 18.6. The number of benzene rings is 2. The zero-order valence-electron chi connectivity index (χ0n) is 19.4. The van der Waals surface area contributed by atoms with E-state index >= 15 is 0 Å². The standard InChI is InChI=1S/C25H30N6O2/c1-4-18-11-12-22-20(15-18)16-21(25(32)26-22)23(24-27-28-29-31(24)13-14-33-3)30(5-2)17-19-9-7-6-8-10-19/h6-12,15-16,23H,4-5,13-14,17H2,1-3H3,(H,26,32). The molecule has 1 unspecified atom stereocenters. The monoisotopic (exact) mass is 446 g/mol. The molecule has 8 heteroatoms. The van der Waals surface area contributed by atoms with E-state index in [1.807, 2.05) is 30.3 Å². The summed E-state index contributed by atoms with van der Waals surface area (Å²) < 4.78 is 6.98. The molecule has 172 valence electrons. The lowest BCUT2D eigenvalue weighted by atomic mass is 10.0. The SMILES string of the molecule is CCc1ccc2[nH]c(=O)c(C(c3nnnn3CCOC)N(CC)Cc3ccccc3)cc2c1. The van der Waals surface area contributed by atoms with E-state index in [4.69, 9.17) is 4.74 Å². The van der Waals surface area contributed by atoms with E-state index in [2.05, 4.69) is 63.5 Å². The first-order chi connectivity index (χ1) is 16.1. The molecule has 33 heavy (non-hydrogen) atoms. The van der Waals surface area contributed by atoms with Gasteiger partial charge in [0, 0.05) is 24.7 Å². The fourth-order valence-corrected chi connectivity index (χ4v) is 4.14. The Labute approximate surface area is 193 Å². The van der Waals surface area contributed by atoms with Gasteiger partial charge in [-0.2, -0.15) is 0 Å². The van der Waals surface area contributed by atoms with Crippen LogP contribution in [0.5, 0.6) is 0 Å². The van der Waals surface area contributed by atoms with Gasteiger partial charge < -0.3 is 9.72 Å². The molecule has 2 heterocycles. The van der Waals surface area contributed by atoms with Crippen molar-refractivity contribution in [3.05, 3.63) is 87.5 Å². The number of nitrogens with one attached hydrogen (secondary N) is 1. The number of nitrogens with zero attached hydrogens (tertiary/aromatic N) is 5. The molecule has 0 fully saturated rings. The van der Waals surface area contributed by atoms with Crippen molar-refractivity contribution in [1.29, 1.82) is 0 Å². The van der Waals surface area contributed by atoms with Gasteiger partial charge in [0.25, 0.3) is 5.56 Å². The van der Waals surface area contributed by atoms with Crippen LogP contribution >= 0.6 is 0 Å². The van der Waals surface area contributed by atoms with Crippen molar-refractivity contribution in [3.63, 3.8) is 0 Å². The Morgan fingerprint density at radius 3 is 2.64 bits per heavy atom. The molecule has 0 aliphatic rings. The van der Waals surface area contributed by atoms with Crippen LogP contribution in [0.25, 0.3) is 10.9 Å². The van der Waals surface area contributed by atoms with Crippen LogP contribution < -0.4 is 5.56 Å². The molecule has 1 atom stereocenters. The largest absolute Gasteiger partial charge is 0.383 e. The molecule has 0 radical (unpaired) electrons. The van der Waals surface area contributed by atoms with Gasteiger partial charge in [-0.1, -0.05) is 50.2 Å². The van der Waals surface area contributed by atoms with Crippen molar-refractivity contribution >= 4 is 10.9 Å². The highest BCUT2D eigenvalue weighted by atomic mass is 16.5. The van der Waals surface area contributed by atoms with Crippen LogP contribution in [0.2, 0.25) is 0 Å². The average Bonchev–Trinajstić information content (AvgIpc) is 3.30. The Hall–Kier alpha value is -3.36. The van der Waals surface area contributed by atoms with E-state index in [1.54, 1.807) is 11.8 Å². The van der Waals surface area contributed by atoms with Gasteiger partial charge in [0.1, 0.15) is 6.04 Å². The van der Waals surface area contributed by atoms with Gasteiger partial charge >= 0.3 is 0 Å². The van der Waals surface area contributed by atoms with Crippen molar-refractivity contribution in [2.75, 3.05) is 20.3 Å². The smallest absolute Gasteiger partial charge is 0.253 e. The van der Waals surface area contributed by atoms with Crippen LogP contribution in [0.15, 0.2) is 59.4 Å². The van der Waals surface area contributed by atoms with E-state index in [9.17, 15) is 4.79 Å². The molecule has 2 aromatic carbocycles. The third-order valence-electron chi connectivity index (χ3n) is 5.95. The van der Waals surface area contributed by atoms with Gasteiger partial charge in [0.05, 0.1) is 13.2 Å². The number of aryl methyl sites for hydroxylation is 1. The molecular weight excluding hydrogens is 416 g/mol. The third-order valence-corrected chi connectivity index (χ3v) is 5.95. The molecule has 4 aromatic rings. The van der Waals surface area contributed by atoms with E-state index in [1.165, 1.54) is 5.56 Å². The van der Waals surface area contributed by atoms with Crippen LogP contribution in [-0.2, 0) is 24.2 Å². The van der Waals surface area contributed by atoms with E-state index in [0.717, 1.165) is 22.9 Å². The second kappa shape index (κ2) is 10.5. The number of hydrogen-bond donors (Lipinski definition) is 1. The number of H-pyrrole nitrogens is 1. The number of fused-ring (bicyclic) bond motifs is 1. The maximum atomic E-state index is 13.3. The van der Waals surface area contributed by atoms with Crippen molar-refractivity contribution in [2.24, 2.45) is 0 Å². The zero-order chi connectivity index (χ0) is 23.2. The number of ether oxygens (including phenoxy) is 1. The summed E-state index contributed by atoms with van der Waals surface area (Å²) >= 11 is 0. The minimum Gasteiger partial charge on any atom is -0.383 e. The highest BCUT2D eigenvalue weighted by Gasteiger charge is 2.29. The second-order valence-corrected chi connectivity index (χ2v) is 8.03. The van der Waals surface area contributed by atoms with Gasteiger partial charge in [0.2, 0.25) is 0 Å². The molecule has 0 spiro atoms. The molecular formula is C25H30N6O2. The molecule has 4 rings (SSSR count). The van der Waals surface area contributed by atoms with Crippen molar-refractivity contribution in [3.8, 4) is 0 Å². The number of rotatable bonds is 10. The number of tetrazole rings is 1. The van der Waals surface area contributed by atoms with Crippen LogP contribution in [0, 0.1) is 0 Å². The van der Waals surface area contributed by atoms with Crippen molar-refractivity contribution in [1.82, 2.24) is 30.1 Å². The molecule has 2 aromatic heterocycles. The summed E-state index contributed by atoms with van der Waals surface area (Å²) in [5.41, 5.74) is 3.70. The lowest BCUT2D eigenvalue weighted by Crippen LogP contribution is -2.35. The Bertz CT molecular complexity index is 1250. The van der Waals surface area contributed by atoms with Crippen LogP contribution in [0.1, 0.15) is 42.4 Å². The number of methoxy groups -OCH3 is 1. The summed E-state index contributed by atoms with van der Waals surface area (Å²) in [5.74, 6) is 0.626. The fraction of sp³-hybridized carbons (Fsp3) is 0.360. The molecule has 0 aliphatic carbocycles. The van der Waals surface area contributed by atoms with E-state index < -0.39 is 6.04 Å². The first-order valence-corrected chi connectivity index (χ1v) is 11.3. The summed E-state index contributed by atoms with van der Waals surface area (Å²) in [5, 5.41) is 13.5. The maximum Gasteiger partial charge on any atom is 0.253 e. The van der Waals surface area contributed by atoms with Crippen LogP contribution in [-0.4, -0.2) is 50.4 Å². The topological polar surface area (TPSA) is 88.9 Å². The Morgan fingerprint density at radius 2 is 1.91 bits per heavy atom.